The van der Waals surface area contributed by atoms with Gasteiger partial charge in [-0.15, -0.1) is 0 Å². The summed E-state index contributed by atoms with van der Waals surface area (Å²) in [6.45, 7) is 3.95. The predicted octanol–water partition coefficient (Wildman–Crippen LogP) is 2.37. The van der Waals surface area contributed by atoms with Crippen LogP contribution in [0.2, 0.25) is 0 Å². The zero-order valence-electron chi connectivity index (χ0n) is 10.6. The molecule has 0 fully saturated rings. The van der Waals surface area contributed by atoms with Crippen molar-refractivity contribution in [2.45, 2.75) is 32.7 Å². The largest absolute Gasteiger partial charge is 0.465 e. The van der Waals surface area contributed by atoms with Crippen LogP contribution in [-0.4, -0.2) is 23.1 Å². The standard InChI is InChI=1S/C13H18N2O3/c1-3-10(8-12(16)15-13(17)18)14-11-6-4-9(2)5-7-11/h4-7,10,14H,3,8H2,1-2H3,(H,15,16)(H,17,18). The van der Waals surface area contributed by atoms with Crippen LogP contribution < -0.4 is 10.6 Å². The number of nitrogens with one attached hydrogen (secondary N) is 2. The molecule has 0 aliphatic carbocycles. The number of hydrogen-bond acceptors (Lipinski definition) is 3. The van der Waals surface area contributed by atoms with Crippen LogP contribution in [0.15, 0.2) is 24.3 Å². The van der Waals surface area contributed by atoms with Gasteiger partial charge in [0.15, 0.2) is 0 Å². The average Bonchev–Trinajstić information content (AvgIpc) is 2.30. The minimum Gasteiger partial charge on any atom is -0.465 e. The van der Waals surface area contributed by atoms with Gasteiger partial charge in [-0.25, -0.2) is 4.79 Å². The summed E-state index contributed by atoms with van der Waals surface area (Å²) in [5.41, 5.74) is 2.09. The van der Waals surface area contributed by atoms with E-state index < -0.39 is 12.0 Å². The highest BCUT2D eigenvalue weighted by Crippen LogP contribution is 2.12. The monoisotopic (exact) mass is 250 g/mol. The van der Waals surface area contributed by atoms with Gasteiger partial charge < -0.3 is 10.4 Å². The molecule has 0 spiro atoms. The average molecular weight is 250 g/mol. The molecule has 1 unspecified atom stereocenters. The maximum Gasteiger partial charge on any atom is 0.411 e. The second-order valence-electron chi connectivity index (χ2n) is 4.17. The Bertz CT molecular complexity index is 415. The van der Waals surface area contributed by atoms with Gasteiger partial charge >= 0.3 is 6.09 Å². The first-order valence-corrected chi connectivity index (χ1v) is 5.87. The molecule has 98 valence electrons. The molecule has 3 N–H and O–H groups in total. The Morgan fingerprint density at radius 1 is 1.28 bits per heavy atom. The molecular weight excluding hydrogens is 232 g/mol. The van der Waals surface area contributed by atoms with Crippen LogP contribution in [0.5, 0.6) is 0 Å². The molecule has 18 heavy (non-hydrogen) atoms. The number of amides is 2. The molecule has 0 radical (unpaired) electrons. The lowest BCUT2D eigenvalue weighted by Crippen LogP contribution is -2.33. The van der Waals surface area contributed by atoms with Crippen LogP contribution in [-0.2, 0) is 4.79 Å². The molecular formula is C13H18N2O3. The lowest BCUT2D eigenvalue weighted by molar-refractivity contribution is -0.120. The summed E-state index contributed by atoms with van der Waals surface area (Å²) >= 11 is 0. The van der Waals surface area contributed by atoms with E-state index in [1.165, 1.54) is 0 Å². The van der Waals surface area contributed by atoms with Gasteiger partial charge in [-0.05, 0) is 25.5 Å². The Kier molecular flexibility index (Phi) is 5.17. The van der Waals surface area contributed by atoms with Crippen LogP contribution in [0.3, 0.4) is 0 Å². The molecule has 1 atom stereocenters. The summed E-state index contributed by atoms with van der Waals surface area (Å²) in [4.78, 5) is 21.7. The molecule has 0 aliphatic rings. The van der Waals surface area contributed by atoms with Crippen LogP contribution in [0.1, 0.15) is 25.3 Å². The Balaban J connectivity index is 2.54. The minimum absolute atomic E-state index is 0.0768. The quantitative estimate of drug-likeness (QED) is 0.749. The van der Waals surface area contributed by atoms with Crippen molar-refractivity contribution < 1.29 is 14.7 Å². The summed E-state index contributed by atoms with van der Waals surface area (Å²) in [6.07, 6.45) is -0.442. The minimum atomic E-state index is -1.31. The Labute approximate surface area is 106 Å². The molecule has 5 heteroatoms. The molecule has 0 aromatic heterocycles. The molecule has 0 bridgehead atoms. The first-order chi connectivity index (χ1) is 8.51. The van der Waals surface area contributed by atoms with Gasteiger partial charge in [-0.2, -0.15) is 0 Å². The van der Waals surface area contributed by atoms with Crippen molar-refractivity contribution in [3.05, 3.63) is 29.8 Å². The third-order valence-electron chi connectivity index (χ3n) is 2.59. The molecule has 1 rings (SSSR count). The van der Waals surface area contributed by atoms with Gasteiger partial charge in [0, 0.05) is 18.2 Å². The number of carboxylic acid groups (broad SMARTS) is 1. The number of rotatable bonds is 5. The summed E-state index contributed by atoms with van der Waals surface area (Å²) in [5, 5.41) is 13.5. The van der Waals surface area contributed by atoms with E-state index in [1.807, 2.05) is 43.4 Å². The van der Waals surface area contributed by atoms with E-state index in [4.69, 9.17) is 5.11 Å². The van der Waals surface area contributed by atoms with Gasteiger partial charge in [0.25, 0.3) is 0 Å². The summed E-state index contributed by atoms with van der Waals surface area (Å²) in [5.74, 6) is -0.492. The highest BCUT2D eigenvalue weighted by Gasteiger charge is 2.13. The van der Waals surface area contributed by atoms with Crippen molar-refractivity contribution in [1.29, 1.82) is 0 Å². The number of benzene rings is 1. The fourth-order valence-electron chi connectivity index (χ4n) is 1.58. The second-order valence-corrected chi connectivity index (χ2v) is 4.17. The smallest absolute Gasteiger partial charge is 0.411 e. The van der Waals surface area contributed by atoms with Crippen molar-refractivity contribution in [3.8, 4) is 0 Å². The van der Waals surface area contributed by atoms with Crippen LogP contribution >= 0.6 is 0 Å². The van der Waals surface area contributed by atoms with Crippen molar-refractivity contribution in [2.75, 3.05) is 5.32 Å². The van der Waals surface area contributed by atoms with E-state index >= 15 is 0 Å². The lowest BCUT2D eigenvalue weighted by Gasteiger charge is -2.17. The van der Waals surface area contributed by atoms with Crippen molar-refractivity contribution in [1.82, 2.24) is 5.32 Å². The van der Waals surface area contributed by atoms with Gasteiger partial charge in [0.2, 0.25) is 5.91 Å². The summed E-state index contributed by atoms with van der Waals surface area (Å²) in [7, 11) is 0. The number of anilines is 1. The highest BCUT2D eigenvalue weighted by molar-refractivity contribution is 5.91. The van der Waals surface area contributed by atoms with E-state index in [0.717, 1.165) is 17.7 Å². The van der Waals surface area contributed by atoms with E-state index in [1.54, 1.807) is 0 Å². The summed E-state index contributed by atoms with van der Waals surface area (Å²) < 4.78 is 0. The molecule has 0 heterocycles. The molecule has 1 aromatic carbocycles. The SMILES string of the molecule is CCC(CC(=O)NC(=O)O)Nc1ccc(C)cc1. The fraction of sp³-hybridized carbons (Fsp3) is 0.385. The number of carbonyl (C=O) groups excluding carboxylic acids is 1. The Hall–Kier alpha value is -2.04. The fourth-order valence-corrected chi connectivity index (χ4v) is 1.58. The van der Waals surface area contributed by atoms with E-state index in [0.29, 0.717) is 0 Å². The van der Waals surface area contributed by atoms with Gasteiger partial charge in [-0.3, -0.25) is 10.1 Å². The molecule has 1 aromatic rings. The number of aryl methyl sites for hydroxylation is 1. The van der Waals surface area contributed by atoms with E-state index in [9.17, 15) is 9.59 Å². The second kappa shape index (κ2) is 6.64. The number of hydrogen-bond donors (Lipinski definition) is 3. The normalized spacial score (nSPS) is 11.7. The maximum absolute atomic E-state index is 11.3. The maximum atomic E-state index is 11.3. The molecule has 0 aliphatic heterocycles. The van der Waals surface area contributed by atoms with Gasteiger partial charge in [0.1, 0.15) is 0 Å². The van der Waals surface area contributed by atoms with Crippen molar-refractivity contribution in [3.63, 3.8) is 0 Å². The van der Waals surface area contributed by atoms with Crippen molar-refractivity contribution >= 4 is 17.7 Å². The molecule has 0 saturated carbocycles. The third kappa shape index (κ3) is 4.86. The van der Waals surface area contributed by atoms with Crippen LogP contribution in [0.25, 0.3) is 0 Å². The van der Waals surface area contributed by atoms with Crippen LogP contribution in [0.4, 0.5) is 10.5 Å². The van der Waals surface area contributed by atoms with Gasteiger partial charge in [0.05, 0.1) is 0 Å². The number of imide groups is 1. The van der Waals surface area contributed by atoms with Crippen LogP contribution in [0, 0.1) is 6.92 Å². The summed E-state index contributed by atoms with van der Waals surface area (Å²) in [6, 6.07) is 7.76. The van der Waals surface area contributed by atoms with Gasteiger partial charge in [-0.1, -0.05) is 24.6 Å². The zero-order valence-corrected chi connectivity index (χ0v) is 10.6. The van der Waals surface area contributed by atoms with Crippen molar-refractivity contribution in [2.24, 2.45) is 0 Å². The molecule has 2 amide bonds. The first kappa shape index (κ1) is 14.0. The molecule has 5 nitrogen and oxygen atoms in total. The lowest BCUT2D eigenvalue weighted by atomic mass is 10.1. The molecule has 0 saturated heterocycles. The number of carbonyl (C=O) groups is 2. The Morgan fingerprint density at radius 3 is 2.39 bits per heavy atom. The highest BCUT2D eigenvalue weighted by atomic mass is 16.4. The Morgan fingerprint density at radius 2 is 1.89 bits per heavy atom. The van der Waals surface area contributed by atoms with E-state index in [-0.39, 0.29) is 12.5 Å². The predicted molar refractivity (Wildman–Crippen MR) is 69.7 cm³/mol. The van der Waals surface area contributed by atoms with E-state index in [2.05, 4.69) is 5.32 Å². The third-order valence-corrected chi connectivity index (χ3v) is 2.59. The zero-order chi connectivity index (χ0) is 13.5. The topological polar surface area (TPSA) is 78.4 Å². The first-order valence-electron chi connectivity index (χ1n) is 5.87.